The Balaban J connectivity index is 2.47. The Kier molecular flexibility index (Phi) is 4.67. The summed E-state index contributed by atoms with van der Waals surface area (Å²) in [6, 6.07) is 5.87. The lowest BCUT2D eigenvalue weighted by Gasteiger charge is -2.14. The molecular formula is C15H16N2O5S3. The predicted octanol–water partition coefficient (Wildman–Crippen LogP) is 1.68. The van der Waals surface area contributed by atoms with Gasteiger partial charge in [-0.05, 0) is 23.9 Å². The maximum Gasteiger partial charge on any atom is 0.241 e. The lowest BCUT2D eigenvalue weighted by atomic mass is 10.1. The summed E-state index contributed by atoms with van der Waals surface area (Å²) in [5.41, 5.74) is 0.319. The summed E-state index contributed by atoms with van der Waals surface area (Å²) in [4.78, 5) is 12.2. The minimum atomic E-state index is -3.95. The van der Waals surface area contributed by atoms with Crippen LogP contribution < -0.4 is 9.44 Å². The Morgan fingerprint density at radius 3 is 2.16 bits per heavy atom. The van der Waals surface area contributed by atoms with Crippen molar-refractivity contribution in [2.75, 3.05) is 13.1 Å². The number of carbonyl (C=O) groups excluding carboxylic acids is 1. The van der Waals surface area contributed by atoms with E-state index >= 15 is 0 Å². The third-order valence-corrected chi connectivity index (χ3v) is 8.02. The van der Waals surface area contributed by atoms with Crippen molar-refractivity contribution in [2.45, 2.75) is 28.5 Å². The van der Waals surface area contributed by atoms with Crippen molar-refractivity contribution >= 4 is 47.7 Å². The molecule has 1 aliphatic rings. The van der Waals surface area contributed by atoms with Crippen LogP contribution in [0.15, 0.2) is 39.0 Å². The Morgan fingerprint density at radius 1 is 0.960 bits per heavy atom. The molecular weight excluding hydrogens is 384 g/mol. The Morgan fingerprint density at radius 2 is 1.56 bits per heavy atom. The summed E-state index contributed by atoms with van der Waals surface area (Å²) in [6.07, 6.45) is 0. The first-order valence-electron chi connectivity index (χ1n) is 7.54. The molecule has 0 saturated heterocycles. The lowest BCUT2D eigenvalue weighted by molar-refractivity contribution is 0.109. The largest absolute Gasteiger partial charge is 0.281 e. The molecule has 0 fully saturated rings. The van der Waals surface area contributed by atoms with Gasteiger partial charge in [0.2, 0.25) is 25.2 Å². The highest BCUT2D eigenvalue weighted by Gasteiger charge is 2.33. The smallest absolute Gasteiger partial charge is 0.241 e. The SMILES string of the molecule is CCNS(=O)(=O)c1cc(S(=O)(=O)NCC)c2cccc3c2c1SC3=O. The van der Waals surface area contributed by atoms with E-state index < -0.39 is 20.0 Å². The molecule has 2 aromatic rings. The van der Waals surface area contributed by atoms with E-state index in [9.17, 15) is 21.6 Å². The van der Waals surface area contributed by atoms with Crippen molar-refractivity contribution in [3.63, 3.8) is 0 Å². The Hall–Kier alpha value is -1.46. The van der Waals surface area contributed by atoms with E-state index in [1.165, 1.54) is 0 Å². The van der Waals surface area contributed by atoms with E-state index in [1.807, 2.05) is 0 Å². The summed E-state index contributed by atoms with van der Waals surface area (Å²) in [6.45, 7) is 3.56. The quantitative estimate of drug-likeness (QED) is 0.764. The van der Waals surface area contributed by atoms with Crippen molar-refractivity contribution in [1.29, 1.82) is 0 Å². The van der Waals surface area contributed by atoms with E-state index in [0.717, 1.165) is 17.8 Å². The minimum absolute atomic E-state index is 0.148. The summed E-state index contributed by atoms with van der Waals surface area (Å²) in [5, 5.41) is 0.404. The van der Waals surface area contributed by atoms with Gasteiger partial charge in [-0.15, -0.1) is 0 Å². The van der Waals surface area contributed by atoms with Gasteiger partial charge in [0, 0.05) is 34.3 Å². The van der Waals surface area contributed by atoms with E-state index in [-0.39, 0.29) is 32.9 Å². The van der Waals surface area contributed by atoms with Crippen LogP contribution in [0.3, 0.4) is 0 Å². The van der Waals surface area contributed by atoms with Crippen LogP contribution >= 0.6 is 11.8 Å². The summed E-state index contributed by atoms with van der Waals surface area (Å²) >= 11 is 0.808. The first-order chi connectivity index (χ1) is 11.7. The van der Waals surface area contributed by atoms with Gasteiger partial charge in [0.1, 0.15) is 0 Å². The lowest BCUT2D eigenvalue weighted by Crippen LogP contribution is -2.26. The maximum atomic E-state index is 12.6. The van der Waals surface area contributed by atoms with Gasteiger partial charge < -0.3 is 0 Å². The maximum absolute atomic E-state index is 12.6. The number of nitrogens with one attached hydrogen (secondary N) is 2. The first-order valence-corrected chi connectivity index (χ1v) is 11.3. The summed E-state index contributed by atoms with van der Waals surface area (Å²) in [7, 11) is -7.87. The third kappa shape index (κ3) is 2.97. The molecule has 7 nitrogen and oxygen atoms in total. The van der Waals surface area contributed by atoms with E-state index in [2.05, 4.69) is 9.44 Å². The molecule has 2 N–H and O–H groups in total. The fourth-order valence-corrected chi connectivity index (χ4v) is 6.66. The zero-order valence-corrected chi connectivity index (χ0v) is 15.9. The molecule has 0 atom stereocenters. The second kappa shape index (κ2) is 6.36. The van der Waals surface area contributed by atoms with E-state index in [1.54, 1.807) is 32.0 Å². The number of hydrogen-bond acceptors (Lipinski definition) is 6. The fourth-order valence-electron chi connectivity index (χ4n) is 2.76. The van der Waals surface area contributed by atoms with Gasteiger partial charge in [-0.25, -0.2) is 26.3 Å². The second-order valence-corrected chi connectivity index (χ2v) is 9.78. The van der Waals surface area contributed by atoms with Crippen molar-refractivity contribution in [2.24, 2.45) is 0 Å². The minimum Gasteiger partial charge on any atom is -0.281 e. The van der Waals surface area contributed by atoms with Gasteiger partial charge in [-0.2, -0.15) is 0 Å². The average Bonchev–Trinajstić information content (AvgIpc) is 2.86. The van der Waals surface area contributed by atoms with Gasteiger partial charge >= 0.3 is 0 Å². The number of hydrogen-bond donors (Lipinski definition) is 2. The number of rotatable bonds is 6. The van der Waals surface area contributed by atoms with Crippen LogP contribution in [0.25, 0.3) is 10.8 Å². The van der Waals surface area contributed by atoms with Crippen molar-refractivity contribution < 1.29 is 21.6 Å². The van der Waals surface area contributed by atoms with Crippen LogP contribution in [-0.2, 0) is 20.0 Å². The van der Waals surface area contributed by atoms with Crippen molar-refractivity contribution in [3.05, 3.63) is 29.8 Å². The summed E-state index contributed by atoms with van der Waals surface area (Å²) in [5.74, 6) is 0. The molecule has 0 aromatic heterocycles. The standard InChI is InChI=1S/C15H16N2O5S3/c1-3-16-24(19,20)11-8-12(25(21,22)17-4-2)14-13-9(11)6-5-7-10(13)15(18)23-14/h5-8,16-17H,3-4H2,1-2H3. The molecule has 0 spiro atoms. The van der Waals surface area contributed by atoms with Crippen LogP contribution in [0.5, 0.6) is 0 Å². The molecule has 1 heterocycles. The van der Waals surface area contributed by atoms with Gasteiger partial charge in [0.25, 0.3) is 0 Å². The zero-order valence-electron chi connectivity index (χ0n) is 13.5. The Bertz CT molecular complexity index is 1090. The highest BCUT2D eigenvalue weighted by molar-refractivity contribution is 8.15. The molecule has 0 bridgehead atoms. The molecule has 3 rings (SSSR count). The molecule has 1 aliphatic heterocycles. The molecule has 134 valence electrons. The van der Waals surface area contributed by atoms with Gasteiger partial charge in [0.05, 0.1) is 9.79 Å². The van der Waals surface area contributed by atoms with Crippen molar-refractivity contribution in [3.8, 4) is 0 Å². The number of sulfonamides is 2. The van der Waals surface area contributed by atoms with Crippen LogP contribution in [0.1, 0.15) is 24.2 Å². The van der Waals surface area contributed by atoms with E-state index in [4.69, 9.17) is 0 Å². The van der Waals surface area contributed by atoms with Crippen LogP contribution in [0.4, 0.5) is 0 Å². The van der Waals surface area contributed by atoms with Gasteiger partial charge in [-0.3, -0.25) is 4.79 Å². The predicted molar refractivity (Wildman–Crippen MR) is 95.9 cm³/mol. The molecule has 0 radical (unpaired) electrons. The third-order valence-electron chi connectivity index (χ3n) is 3.71. The molecule has 0 saturated carbocycles. The number of benzene rings is 2. The molecule has 0 unspecified atom stereocenters. The van der Waals surface area contributed by atoms with Gasteiger partial charge in [0.15, 0.2) is 0 Å². The average molecular weight is 401 g/mol. The summed E-state index contributed by atoms with van der Waals surface area (Å²) < 4.78 is 55.1. The number of thioether (sulfide) groups is 1. The van der Waals surface area contributed by atoms with Crippen LogP contribution in [-0.4, -0.2) is 35.0 Å². The molecule has 10 heteroatoms. The number of carbonyl (C=O) groups is 1. The highest BCUT2D eigenvalue weighted by atomic mass is 32.2. The zero-order chi connectivity index (χ0) is 18.4. The monoisotopic (exact) mass is 400 g/mol. The Labute approximate surface area is 150 Å². The van der Waals surface area contributed by atoms with Crippen LogP contribution in [0, 0.1) is 0 Å². The van der Waals surface area contributed by atoms with Crippen LogP contribution in [0.2, 0.25) is 0 Å². The first kappa shape index (κ1) is 18.3. The molecule has 25 heavy (non-hydrogen) atoms. The normalized spacial score (nSPS) is 14.4. The highest BCUT2D eigenvalue weighted by Crippen LogP contribution is 2.46. The molecule has 2 aromatic carbocycles. The molecule has 0 aliphatic carbocycles. The molecule has 0 amide bonds. The fraction of sp³-hybridized carbons (Fsp3) is 0.267. The van der Waals surface area contributed by atoms with Crippen molar-refractivity contribution in [1.82, 2.24) is 9.44 Å². The van der Waals surface area contributed by atoms with Gasteiger partial charge in [-0.1, -0.05) is 26.0 Å². The topological polar surface area (TPSA) is 109 Å². The van der Waals surface area contributed by atoms with E-state index in [0.29, 0.717) is 16.3 Å². The second-order valence-electron chi connectivity index (χ2n) is 5.32.